The third-order valence-electron chi connectivity index (χ3n) is 11.9. The second kappa shape index (κ2) is 10.2. The van der Waals surface area contributed by atoms with Crippen LogP contribution in [0.15, 0.2) is 182 Å². The Labute approximate surface area is 302 Å². The first-order valence-corrected chi connectivity index (χ1v) is 18.1. The summed E-state index contributed by atoms with van der Waals surface area (Å²) in [4.78, 5) is 0. The molecule has 2 aliphatic carbocycles. The minimum Gasteiger partial charge on any atom is -0.456 e. The maximum Gasteiger partial charge on any atom is 0.135 e. The summed E-state index contributed by atoms with van der Waals surface area (Å²) in [5.74, 6) is 1.82. The monoisotopic (exact) mass is 658 g/mol. The molecule has 1 unspecified atom stereocenters. The van der Waals surface area contributed by atoms with Crippen LogP contribution >= 0.6 is 0 Å². The number of fused-ring (bicyclic) bond motifs is 14. The van der Waals surface area contributed by atoms with Crippen LogP contribution in [0, 0.1) is 0 Å². The lowest BCUT2D eigenvalue weighted by molar-refractivity contribution is 0.487. The molecular formula is C51H30O. The molecule has 12 rings (SSSR count). The van der Waals surface area contributed by atoms with Crippen molar-refractivity contribution in [2.45, 2.75) is 5.41 Å². The average molecular weight is 659 g/mol. The van der Waals surface area contributed by atoms with Gasteiger partial charge in [-0.15, -0.1) is 0 Å². The average Bonchev–Trinajstić information content (AvgIpc) is 3.69. The van der Waals surface area contributed by atoms with Crippen molar-refractivity contribution in [3.8, 4) is 67.1 Å². The molecule has 1 atom stereocenters. The van der Waals surface area contributed by atoms with Crippen LogP contribution in [0.4, 0.5) is 0 Å². The summed E-state index contributed by atoms with van der Waals surface area (Å²) < 4.78 is 6.49. The minimum absolute atomic E-state index is 0.415. The van der Waals surface area contributed by atoms with Gasteiger partial charge >= 0.3 is 0 Å². The smallest absolute Gasteiger partial charge is 0.135 e. The van der Waals surface area contributed by atoms with Crippen LogP contribution in [0.25, 0.3) is 77.2 Å². The summed E-state index contributed by atoms with van der Waals surface area (Å²) in [6.07, 6.45) is 0. The van der Waals surface area contributed by atoms with Gasteiger partial charge < -0.3 is 4.74 Å². The molecule has 9 aromatic carbocycles. The van der Waals surface area contributed by atoms with Gasteiger partial charge in [-0.2, -0.15) is 0 Å². The molecule has 1 nitrogen and oxygen atoms in total. The van der Waals surface area contributed by atoms with Crippen LogP contribution in [0.1, 0.15) is 22.3 Å². The molecule has 3 aliphatic rings. The van der Waals surface area contributed by atoms with Gasteiger partial charge in [0.15, 0.2) is 0 Å². The highest BCUT2D eigenvalue weighted by Gasteiger charge is 2.52. The zero-order valence-electron chi connectivity index (χ0n) is 28.2. The second-order valence-electron chi connectivity index (χ2n) is 14.3. The van der Waals surface area contributed by atoms with Crippen LogP contribution < -0.4 is 4.74 Å². The molecule has 0 amide bonds. The Bertz CT molecular complexity index is 3000. The SMILES string of the molecule is c1ccc(-c2cccc3c2-c2ccccc2C32c3ccccc3-c3c2ccc2ccccc32)c(-c2ccc3c(c2)-c2cccc4cccc(c24)O3)c1. The summed E-state index contributed by atoms with van der Waals surface area (Å²) >= 11 is 0. The summed E-state index contributed by atoms with van der Waals surface area (Å²) in [5.41, 5.74) is 17.6. The van der Waals surface area contributed by atoms with E-state index in [1.165, 1.54) is 93.9 Å². The van der Waals surface area contributed by atoms with Crippen molar-refractivity contribution in [3.63, 3.8) is 0 Å². The van der Waals surface area contributed by atoms with Gasteiger partial charge in [-0.25, -0.2) is 0 Å². The van der Waals surface area contributed by atoms with E-state index in [0.29, 0.717) is 0 Å². The zero-order chi connectivity index (χ0) is 34.0. The van der Waals surface area contributed by atoms with Crippen molar-refractivity contribution in [1.82, 2.24) is 0 Å². The molecule has 0 bridgehead atoms. The van der Waals surface area contributed by atoms with Gasteiger partial charge in [-0.1, -0.05) is 164 Å². The highest BCUT2D eigenvalue weighted by molar-refractivity contribution is 6.09. The van der Waals surface area contributed by atoms with Crippen LogP contribution in [-0.2, 0) is 5.41 Å². The molecule has 0 saturated carbocycles. The van der Waals surface area contributed by atoms with Crippen molar-refractivity contribution in [3.05, 3.63) is 204 Å². The van der Waals surface area contributed by atoms with Crippen molar-refractivity contribution >= 4 is 21.5 Å². The molecular weight excluding hydrogens is 629 g/mol. The topological polar surface area (TPSA) is 9.23 Å². The first-order chi connectivity index (χ1) is 25.8. The van der Waals surface area contributed by atoms with E-state index in [2.05, 4.69) is 182 Å². The van der Waals surface area contributed by atoms with Gasteiger partial charge in [0.05, 0.1) is 5.41 Å². The molecule has 0 saturated heterocycles. The van der Waals surface area contributed by atoms with E-state index in [0.717, 1.165) is 17.1 Å². The van der Waals surface area contributed by atoms with Crippen LogP contribution in [-0.4, -0.2) is 0 Å². The number of rotatable bonds is 2. The van der Waals surface area contributed by atoms with Crippen molar-refractivity contribution in [1.29, 1.82) is 0 Å². The number of hydrogen-bond donors (Lipinski definition) is 0. The molecule has 0 N–H and O–H groups in total. The summed E-state index contributed by atoms with van der Waals surface area (Å²) in [7, 11) is 0. The molecule has 52 heavy (non-hydrogen) atoms. The van der Waals surface area contributed by atoms with Crippen molar-refractivity contribution in [2.75, 3.05) is 0 Å². The quantitative estimate of drug-likeness (QED) is 0.180. The fraction of sp³-hybridized carbons (Fsp3) is 0.0196. The molecule has 240 valence electrons. The first-order valence-electron chi connectivity index (χ1n) is 18.1. The summed E-state index contributed by atoms with van der Waals surface area (Å²) in [6, 6.07) is 67.3. The van der Waals surface area contributed by atoms with Gasteiger partial charge in [0.1, 0.15) is 11.5 Å². The lowest BCUT2D eigenvalue weighted by Crippen LogP contribution is -2.25. The summed E-state index contributed by atoms with van der Waals surface area (Å²) in [6.45, 7) is 0. The number of benzene rings is 9. The van der Waals surface area contributed by atoms with Gasteiger partial charge in [0, 0.05) is 10.9 Å². The first kappa shape index (κ1) is 28.0. The Morgan fingerprint density at radius 3 is 1.77 bits per heavy atom. The van der Waals surface area contributed by atoms with E-state index < -0.39 is 5.41 Å². The van der Waals surface area contributed by atoms with Gasteiger partial charge in [0.25, 0.3) is 0 Å². The number of hydrogen-bond acceptors (Lipinski definition) is 1. The third-order valence-corrected chi connectivity index (χ3v) is 11.9. The predicted molar refractivity (Wildman–Crippen MR) is 214 cm³/mol. The summed E-state index contributed by atoms with van der Waals surface area (Å²) in [5, 5.41) is 4.96. The van der Waals surface area contributed by atoms with E-state index >= 15 is 0 Å². The molecule has 1 heterocycles. The molecule has 9 aromatic rings. The normalized spacial score (nSPS) is 15.5. The standard InChI is InChI=1S/C51H30O/c1-2-16-35-31(12-1)26-28-45-49(35)39-18-5-7-22-42(39)51(45)43-23-8-6-19-40(43)50-37(21-11-24-44(50)51)36-17-4-3-15-34(36)33-27-29-46-41(30-33)38-20-9-13-32-14-10-25-47(52-46)48(32)38/h1-30H. The second-order valence-corrected chi connectivity index (χ2v) is 14.3. The van der Waals surface area contributed by atoms with Crippen LogP contribution in [0.3, 0.4) is 0 Å². The zero-order valence-corrected chi connectivity index (χ0v) is 28.2. The third kappa shape index (κ3) is 3.48. The Hall–Kier alpha value is -6.70. The van der Waals surface area contributed by atoms with Gasteiger partial charge in [0.2, 0.25) is 0 Å². The number of ether oxygens (including phenoxy) is 1. The fourth-order valence-electron chi connectivity index (χ4n) is 9.88. The van der Waals surface area contributed by atoms with Crippen molar-refractivity contribution in [2.24, 2.45) is 0 Å². The highest BCUT2D eigenvalue weighted by Crippen LogP contribution is 2.65. The molecule has 1 spiro atoms. The minimum atomic E-state index is -0.415. The Kier molecular flexibility index (Phi) is 5.49. The largest absolute Gasteiger partial charge is 0.456 e. The maximum absolute atomic E-state index is 6.49. The van der Waals surface area contributed by atoms with E-state index in [9.17, 15) is 0 Å². The molecule has 0 aromatic heterocycles. The van der Waals surface area contributed by atoms with Crippen molar-refractivity contribution < 1.29 is 4.74 Å². The molecule has 1 heteroatoms. The van der Waals surface area contributed by atoms with Crippen LogP contribution in [0.2, 0.25) is 0 Å². The maximum atomic E-state index is 6.49. The fourth-order valence-corrected chi connectivity index (χ4v) is 9.88. The Morgan fingerprint density at radius 1 is 0.327 bits per heavy atom. The Morgan fingerprint density at radius 2 is 0.923 bits per heavy atom. The van der Waals surface area contributed by atoms with Gasteiger partial charge in [-0.05, 0) is 107 Å². The van der Waals surface area contributed by atoms with Gasteiger partial charge in [-0.3, -0.25) is 0 Å². The highest BCUT2D eigenvalue weighted by atomic mass is 16.5. The van der Waals surface area contributed by atoms with E-state index in [4.69, 9.17) is 4.74 Å². The molecule has 0 fully saturated rings. The lowest BCUT2D eigenvalue weighted by Gasteiger charge is -2.30. The Balaban J connectivity index is 1.12. The lowest BCUT2D eigenvalue weighted by atomic mass is 9.70. The van der Waals surface area contributed by atoms with E-state index in [1.807, 2.05) is 0 Å². The molecule has 1 aliphatic heterocycles. The predicted octanol–water partition coefficient (Wildman–Crippen LogP) is 13.4. The van der Waals surface area contributed by atoms with Crippen LogP contribution in [0.5, 0.6) is 11.5 Å². The van der Waals surface area contributed by atoms with E-state index in [1.54, 1.807) is 0 Å². The van der Waals surface area contributed by atoms with E-state index in [-0.39, 0.29) is 0 Å². The molecule has 0 radical (unpaired) electrons.